The summed E-state index contributed by atoms with van der Waals surface area (Å²) < 4.78 is 18.4. The summed E-state index contributed by atoms with van der Waals surface area (Å²) in [7, 11) is 4.73. The number of methoxy groups -OCH3 is 3. The number of benzene rings is 1. The molecule has 0 saturated heterocycles. The minimum Gasteiger partial charge on any atom is -0.493 e. The van der Waals surface area contributed by atoms with Gasteiger partial charge >= 0.3 is 0 Å². The van der Waals surface area contributed by atoms with Crippen molar-refractivity contribution >= 4 is 28.6 Å². The lowest BCUT2D eigenvalue weighted by molar-refractivity contribution is 0.324. The van der Waals surface area contributed by atoms with Gasteiger partial charge in [0.2, 0.25) is 11.7 Å². The minimum atomic E-state index is 0.185. The van der Waals surface area contributed by atoms with Gasteiger partial charge < -0.3 is 29.4 Å². The van der Waals surface area contributed by atoms with E-state index in [9.17, 15) is 0 Å². The van der Waals surface area contributed by atoms with E-state index in [0.717, 1.165) is 11.2 Å². The maximum absolute atomic E-state index is 5.48. The number of imidazole rings is 1. The largest absolute Gasteiger partial charge is 0.493 e. The van der Waals surface area contributed by atoms with Crippen LogP contribution in [0.15, 0.2) is 43.0 Å². The van der Waals surface area contributed by atoms with Crippen molar-refractivity contribution in [3.8, 4) is 17.2 Å². The first-order valence-corrected chi connectivity index (χ1v) is 10.5. The van der Waals surface area contributed by atoms with Crippen LogP contribution in [0.5, 0.6) is 17.2 Å². The minimum absolute atomic E-state index is 0.185. The van der Waals surface area contributed by atoms with Crippen LogP contribution in [0.4, 0.5) is 17.5 Å². The Morgan fingerprint density at radius 1 is 1.03 bits per heavy atom. The SMILES string of the molecule is COc1cc(Nc2nc(NCc3cccnc3)nc3c2ncn3C(C)C)cc(OC)c1OC. The lowest BCUT2D eigenvalue weighted by Crippen LogP contribution is -2.08. The standard InChI is InChI=1S/C23H27N7O3/c1-14(2)30-13-26-19-21(27-16-9-17(31-3)20(33-5)18(10-16)32-4)28-23(29-22(19)30)25-12-15-7-6-8-24-11-15/h6-11,13-14H,12H2,1-5H3,(H2,25,27,28,29). The van der Waals surface area contributed by atoms with Gasteiger partial charge in [0.25, 0.3) is 0 Å². The molecule has 4 rings (SSSR count). The van der Waals surface area contributed by atoms with Crippen molar-refractivity contribution in [1.82, 2.24) is 24.5 Å². The number of pyridine rings is 1. The highest BCUT2D eigenvalue weighted by Gasteiger charge is 2.18. The molecule has 33 heavy (non-hydrogen) atoms. The Bertz CT molecular complexity index is 1220. The highest BCUT2D eigenvalue weighted by molar-refractivity contribution is 5.87. The van der Waals surface area contributed by atoms with Crippen LogP contribution in [-0.2, 0) is 6.54 Å². The first kappa shape index (κ1) is 22.1. The molecular formula is C23H27N7O3. The van der Waals surface area contributed by atoms with Crippen molar-refractivity contribution in [2.24, 2.45) is 0 Å². The van der Waals surface area contributed by atoms with Gasteiger partial charge in [-0.15, -0.1) is 0 Å². The Balaban J connectivity index is 1.74. The monoisotopic (exact) mass is 449 g/mol. The van der Waals surface area contributed by atoms with E-state index in [1.165, 1.54) is 0 Å². The van der Waals surface area contributed by atoms with Crippen molar-refractivity contribution < 1.29 is 14.2 Å². The molecule has 4 aromatic rings. The van der Waals surface area contributed by atoms with Crippen LogP contribution in [0.2, 0.25) is 0 Å². The van der Waals surface area contributed by atoms with Crippen LogP contribution in [-0.4, -0.2) is 45.8 Å². The normalized spacial score (nSPS) is 11.0. The average Bonchev–Trinajstić information content (AvgIpc) is 3.27. The number of hydrogen-bond acceptors (Lipinski definition) is 9. The van der Waals surface area contributed by atoms with E-state index in [-0.39, 0.29) is 6.04 Å². The molecule has 0 aliphatic heterocycles. The number of aromatic nitrogens is 5. The van der Waals surface area contributed by atoms with Crippen LogP contribution in [0.1, 0.15) is 25.5 Å². The lowest BCUT2D eigenvalue weighted by Gasteiger charge is -2.16. The second-order valence-corrected chi connectivity index (χ2v) is 7.57. The van der Waals surface area contributed by atoms with Gasteiger partial charge in [-0.3, -0.25) is 4.98 Å². The predicted octanol–water partition coefficient (Wildman–Crippen LogP) is 4.18. The van der Waals surface area contributed by atoms with Crippen LogP contribution in [0.25, 0.3) is 11.2 Å². The maximum Gasteiger partial charge on any atom is 0.227 e. The van der Waals surface area contributed by atoms with E-state index in [1.807, 2.05) is 28.8 Å². The van der Waals surface area contributed by atoms with Crippen LogP contribution >= 0.6 is 0 Å². The third-order valence-electron chi connectivity index (χ3n) is 5.08. The predicted molar refractivity (Wildman–Crippen MR) is 127 cm³/mol. The summed E-state index contributed by atoms with van der Waals surface area (Å²) in [5, 5.41) is 6.63. The zero-order valence-corrected chi connectivity index (χ0v) is 19.3. The molecule has 3 heterocycles. The molecular weight excluding hydrogens is 422 g/mol. The summed E-state index contributed by atoms with van der Waals surface area (Å²) in [6.07, 6.45) is 5.32. The van der Waals surface area contributed by atoms with Crippen molar-refractivity contribution in [3.63, 3.8) is 0 Å². The molecule has 1 aromatic carbocycles. The summed E-state index contributed by atoms with van der Waals surface area (Å²) in [5.74, 6) is 2.62. The van der Waals surface area contributed by atoms with E-state index in [2.05, 4.69) is 34.4 Å². The zero-order valence-electron chi connectivity index (χ0n) is 19.3. The summed E-state index contributed by atoms with van der Waals surface area (Å²) in [5.41, 5.74) is 3.12. The number of nitrogens with zero attached hydrogens (tertiary/aromatic N) is 5. The molecule has 0 aliphatic rings. The third kappa shape index (κ3) is 4.59. The average molecular weight is 450 g/mol. The lowest BCUT2D eigenvalue weighted by atomic mass is 10.2. The number of hydrogen-bond donors (Lipinski definition) is 2. The van der Waals surface area contributed by atoms with Gasteiger partial charge in [0, 0.05) is 42.8 Å². The molecule has 0 aliphatic carbocycles. The highest BCUT2D eigenvalue weighted by atomic mass is 16.5. The summed E-state index contributed by atoms with van der Waals surface area (Å²) in [6.45, 7) is 4.70. The second kappa shape index (κ2) is 9.60. The molecule has 0 bridgehead atoms. The molecule has 172 valence electrons. The molecule has 0 spiro atoms. The van der Waals surface area contributed by atoms with E-state index < -0.39 is 0 Å². The molecule has 10 heteroatoms. The van der Waals surface area contributed by atoms with Gasteiger partial charge in [0.15, 0.2) is 28.5 Å². The smallest absolute Gasteiger partial charge is 0.227 e. The van der Waals surface area contributed by atoms with Gasteiger partial charge in [0.05, 0.1) is 27.7 Å². The summed E-state index contributed by atoms with van der Waals surface area (Å²) in [6, 6.07) is 7.71. The molecule has 0 radical (unpaired) electrons. The van der Waals surface area contributed by atoms with Crippen molar-refractivity contribution in [1.29, 1.82) is 0 Å². The molecule has 0 saturated carbocycles. The van der Waals surface area contributed by atoms with E-state index in [1.54, 1.807) is 40.1 Å². The number of rotatable bonds is 9. The van der Waals surface area contributed by atoms with E-state index in [0.29, 0.717) is 46.8 Å². The summed E-state index contributed by atoms with van der Waals surface area (Å²) >= 11 is 0. The van der Waals surface area contributed by atoms with Crippen LogP contribution in [0.3, 0.4) is 0 Å². The van der Waals surface area contributed by atoms with Gasteiger partial charge in [-0.25, -0.2) is 4.98 Å². The van der Waals surface area contributed by atoms with Crippen molar-refractivity contribution in [2.45, 2.75) is 26.4 Å². The third-order valence-corrected chi connectivity index (χ3v) is 5.08. The Morgan fingerprint density at radius 2 is 1.79 bits per heavy atom. The second-order valence-electron chi connectivity index (χ2n) is 7.57. The highest BCUT2D eigenvalue weighted by Crippen LogP contribution is 2.41. The molecule has 0 unspecified atom stereocenters. The van der Waals surface area contributed by atoms with Gasteiger partial charge in [-0.2, -0.15) is 9.97 Å². The Labute approximate surface area is 192 Å². The van der Waals surface area contributed by atoms with Gasteiger partial charge in [-0.05, 0) is 25.5 Å². The number of ether oxygens (including phenoxy) is 3. The Kier molecular flexibility index (Phi) is 6.43. The molecule has 0 amide bonds. The quantitative estimate of drug-likeness (QED) is 0.389. The zero-order chi connectivity index (χ0) is 23.4. The van der Waals surface area contributed by atoms with E-state index >= 15 is 0 Å². The molecule has 0 atom stereocenters. The first-order valence-electron chi connectivity index (χ1n) is 10.5. The maximum atomic E-state index is 5.48. The first-order chi connectivity index (χ1) is 16.0. The van der Waals surface area contributed by atoms with Crippen LogP contribution in [0, 0.1) is 0 Å². The molecule has 0 fully saturated rings. The Hall–Kier alpha value is -4.08. The molecule has 2 N–H and O–H groups in total. The fraction of sp³-hybridized carbons (Fsp3) is 0.304. The summed E-state index contributed by atoms with van der Waals surface area (Å²) in [4.78, 5) is 18.1. The fourth-order valence-corrected chi connectivity index (χ4v) is 3.43. The van der Waals surface area contributed by atoms with Gasteiger partial charge in [0.1, 0.15) is 0 Å². The number of fused-ring (bicyclic) bond motifs is 1. The van der Waals surface area contributed by atoms with Crippen LogP contribution < -0.4 is 24.8 Å². The fourth-order valence-electron chi connectivity index (χ4n) is 3.43. The van der Waals surface area contributed by atoms with E-state index in [4.69, 9.17) is 24.2 Å². The molecule has 3 aromatic heterocycles. The van der Waals surface area contributed by atoms with Gasteiger partial charge in [-0.1, -0.05) is 6.07 Å². The van der Waals surface area contributed by atoms with Crippen molar-refractivity contribution in [3.05, 3.63) is 48.5 Å². The topological polar surface area (TPSA) is 108 Å². The molecule has 10 nitrogen and oxygen atoms in total. The van der Waals surface area contributed by atoms with Crippen molar-refractivity contribution in [2.75, 3.05) is 32.0 Å². The Morgan fingerprint density at radius 3 is 2.39 bits per heavy atom. The number of anilines is 3. The number of nitrogens with one attached hydrogen (secondary N) is 2.